The van der Waals surface area contributed by atoms with Gasteiger partial charge in [0.1, 0.15) is 17.5 Å². The van der Waals surface area contributed by atoms with E-state index in [2.05, 4.69) is 15.4 Å². The minimum Gasteiger partial charge on any atom is -0.481 e. The third-order valence-corrected chi connectivity index (χ3v) is 5.30. The standard InChI is InChI=1S/C23H21F3N4O2/c1-12-22(13(2)30(29-12)11-17-18(25)8-14(24)9-19(17)26)28-23(31)16-10-21(32-3)27-20-7-5-4-6-15(16)20/h4-10,23,28,31H,11H2,1-3H3. The zero-order valence-corrected chi connectivity index (χ0v) is 17.7. The van der Waals surface area contributed by atoms with E-state index in [4.69, 9.17) is 4.74 Å². The predicted molar refractivity (Wildman–Crippen MR) is 114 cm³/mol. The molecule has 2 aromatic heterocycles. The van der Waals surface area contributed by atoms with Crippen molar-refractivity contribution in [3.8, 4) is 5.88 Å². The molecule has 0 aliphatic heterocycles. The first-order valence-corrected chi connectivity index (χ1v) is 9.84. The molecule has 6 nitrogen and oxygen atoms in total. The number of nitrogens with zero attached hydrogens (tertiary/aromatic N) is 3. The Morgan fingerprint density at radius 3 is 2.47 bits per heavy atom. The van der Waals surface area contributed by atoms with Crippen molar-refractivity contribution in [2.24, 2.45) is 0 Å². The van der Waals surface area contributed by atoms with Crippen molar-refractivity contribution in [2.75, 3.05) is 12.4 Å². The van der Waals surface area contributed by atoms with E-state index < -0.39 is 23.7 Å². The SMILES string of the molecule is COc1cc(C(O)Nc2c(C)nn(Cc3c(F)cc(F)cc3F)c2C)c2ccccc2n1. The molecule has 0 saturated heterocycles. The minimum absolute atomic E-state index is 0.228. The summed E-state index contributed by atoms with van der Waals surface area (Å²) in [7, 11) is 1.49. The molecule has 0 radical (unpaired) electrons. The van der Waals surface area contributed by atoms with Gasteiger partial charge in [-0.15, -0.1) is 0 Å². The van der Waals surface area contributed by atoms with E-state index >= 15 is 0 Å². The van der Waals surface area contributed by atoms with Gasteiger partial charge in [0, 0.05) is 34.7 Å². The van der Waals surface area contributed by atoms with Crippen LogP contribution >= 0.6 is 0 Å². The number of para-hydroxylation sites is 1. The highest BCUT2D eigenvalue weighted by molar-refractivity contribution is 5.83. The van der Waals surface area contributed by atoms with Gasteiger partial charge in [0.25, 0.3) is 0 Å². The molecule has 0 fully saturated rings. The number of pyridine rings is 1. The predicted octanol–water partition coefficient (Wildman–Crippen LogP) is 4.63. The fourth-order valence-corrected chi connectivity index (χ4v) is 3.65. The van der Waals surface area contributed by atoms with Crippen molar-refractivity contribution < 1.29 is 23.0 Å². The third-order valence-electron chi connectivity index (χ3n) is 5.30. The number of methoxy groups -OCH3 is 1. The summed E-state index contributed by atoms with van der Waals surface area (Å²) in [5.74, 6) is -2.60. The summed E-state index contributed by atoms with van der Waals surface area (Å²) in [6.45, 7) is 3.19. The maximum Gasteiger partial charge on any atom is 0.213 e. The normalized spacial score (nSPS) is 12.2. The zero-order valence-electron chi connectivity index (χ0n) is 17.7. The molecule has 0 bridgehead atoms. The van der Waals surface area contributed by atoms with Crippen molar-refractivity contribution >= 4 is 16.6 Å². The van der Waals surface area contributed by atoms with Crippen LogP contribution in [-0.4, -0.2) is 27.0 Å². The number of rotatable bonds is 6. The second-order valence-electron chi connectivity index (χ2n) is 7.37. The number of anilines is 1. The lowest BCUT2D eigenvalue weighted by Crippen LogP contribution is -2.13. The van der Waals surface area contributed by atoms with Gasteiger partial charge in [-0.1, -0.05) is 18.2 Å². The van der Waals surface area contributed by atoms with Gasteiger partial charge in [0.15, 0.2) is 6.23 Å². The molecule has 0 aliphatic rings. The lowest BCUT2D eigenvalue weighted by Gasteiger charge is -2.18. The highest BCUT2D eigenvalue weighted by Crippen LogP contribution is 2.30. The molecule has 4 rings (SSSR count). The number of benzene rings is 2. The van der Waals surface area contributed by atoms with Crippen LogP contribution in [0.5, 0.6) is 5.88 Å². The van der Waals surface area contributed by atoms with Crippen molar-refractivity contribution in [2.45, 2.75) is 26.6 Å². The molecule has 0 amide bonds. The molecule has 2 aromatic carbocycles. The van der Waals surface area contributed by atoms with Crippen molar-refractivity contribution in [3.05, 3.63) is 82.4 Å². The molecule has 4 aromatic rings. The van der Waals surface area contributed by atoms with Gasteiger partial charge in [-0.3, -0.25) is 4.68 Å². The first-order valence-electron chi connectivity index (χ1n) is 9.84. The van der Waals surface area contributed by atoms with Crippen LogP contribution in [0, 0.1) is 31.3 Å². The highest BCUT2D eigenvalue weighted by atomic mass is 19.1. The largest absolute Gasteiger partial charge is 0.481 e. The number of fused-ring (bicyclic) bond motifs is 1. The smallest absolute Gasteiger partial charge is 0.213 e. The average molecular weight is 442 g/mol. The van der Waals surface area contributed by atoms with E-state index in [9.17, 15) is 18.3 Å². The number of halogens is 3. The van der Waals surface area contributed by atoms with E-state index in [1.54, 1.807) is 19.9 Å². The second kappa shape index (κ2) is 8.51. The van der Waals surface area contributed by atoms with Gasteiger partial charge in [-0.2, -0.15) is 5.10 Å². The maximum atomic E-state index is 14.1. The van der Waals surface area contributed by atoms with Gasteiger partial charge in [-0.25, -0.2) is 18.2 Å². The number of aliphatic hydroxyl groups is 1. The van der Waals surface area contributed by atoms with Gasteiger partial charge in [-0.05, 0) is 19.9 Å². The third kappa shape index (κ3) is 3.99. The van der Waals surface area contributed by atoms with Crippen molar-refractivity contribution in [1.82, 2.24) is 14.8 Å². The van der Waals surface area contributed by atoms with Gasteiger partial charge in [0.2, 0.25) is 5.88 Å². The van der Waals surface area contributed by atoms with E-state index in [0.717, 1.165) is 5.39 Å². The number of ether oxygens (including phenoxy) is 1. The number of nitrogens with one attached hydrogen (secondary N) is 1. The zero-order chi connectivity index (χ0) is 23.0. The Balaban J connectivity index is 1.67. The molecule has 1 unspecified atom stereocenters. The minimum atomic E-state index is -1.13. The summed E-state index contributed by atoms with van der Waals surface area (Å²) in [5, 5.41) is 19.1. The fraction of sp³-hybridized carbons (Fsp3) is 0.217. The first kappa shape index (κ1) is 21.6. The average Bonchev–Trinajstić information content (AvgIpc) is 3.02. The van der Waals surface area contributed by atoms with Crippen LogP contribution in [0.4, 0.5) is 18.9 Å². The molecule has 2 N–H and O–H groups in total. The molecule has 166 valence electrons. The maximum absolute atomic E-state index is 14.1. The lowest BCUT2D eigenvalue weighted by molar-refractivity contribution is 0.209. The Labute approximate surface area is 182 Å². The Bertz CT molecular complexity index is 1280. The van der Waals surface area contributed by atoms with E-state index in [1.165, 1.54) is 11.8 Å². The van der Waals surface area contributed by atoms with Crippen LogP contribution in [0.2, 0.25) is 0 Å². The van der Waals surface area contributed by atoms with Crippen molar-refractivity contribution in [3.63, 3.8) is 0 Å². The van der Waals surface area contributed by atoms with E-state index in [1.807, 2.05) is 24.3 Å². The fourth-order valence-electron chi connectivity index (χ4n) is 3.65. The number of hydrogen-bond acceptors (Lipinski definition) is 5. The van der Waals surface area contributed by atoms with Crippen LogP contribution in [0.3, 0.4) is 0 Å². The van der Waals surface area contributed by atoms with Crippen LogP contribution in [0.25, 0.3) is 10.9 Å². The number of aliphatic hydroxyl groups excluding tert-OH is 1. The molecular weight excluding hydrogens is 421 g/mol. The molecule has 32 heavy (non-hydrogen) atoms. The Kier molecular flexibility index (Phi) is 5.75. The molecule has 9 heteroatoms. The Morgan fingerprint density at radius 2 is 1.78 bits per heavy atom. The van der Waals surface area contributed by atoms with Crippen LogP contribution in [-0.2, 0) is 6.54 Å². The number of hydrogen-bond donors (Lipinski definition) is 2. The second-order valence-corrected chi connectivity index (χ2v) is 7.37. The van der Waals surface area contributed by atoms with E-state index in [-0.39, 0.29) is 12.1 Å². The number of aromatic nitrogens is 3. The topological polar surface area (TPSA) is 72.2 Å². The first-order chi connectivity index (χ1) is 15.3. The van der Waals surface area contributed by atoms with Gasteiger partial charge in [0.05, 0.1) is 36.2 Å². The van der Waals surface area contributed by atoms with Crippen LogP contribution in [0.15, 0.2) is 42.5 Å². The summed E-state index contributed by atoms with van der Waals surface area (Å²) in [5.41, 5.74) is 2.50. The van der Waals surface area contributed by atoms with E-state index in [0.29, 0.717) is 46.2 Å². The van der Waals surface area contributed by atoms with Crippen molar-refractivity contribution in [1.29, 1.82) is 0 Å². The Hall–Kier alpha value is -3.59. The Morgan fingerprint density at radius 1 is 1.09 bits per heavy atom. The molecule has 0 saturated carbocycles. The summed E-state index contributed by atoms with van der Waals surface area (Å²) < 4.78 is 48.0. The highest BCUT2D eigenvalue weighted by Gasteiger charge is 2.20. The monoisotopic (exact) mass is 442 g/mol. The molecule has 1 atom stereocenters. The van der Waals surface area contributed by atoms with Crippen LogP contribution in [0.1, 0.15) is 28.7 Å². The molecular formula is C23H21F3N4O2. The summed E-state index contributed by atoms with van der Waals surface area (Å²) in [6, 6.07) is 10.2. The van der Waals surface area contributed by atoms with Gasteiger partial charge < -0.3 is 15.2 Å². The molecule has 0 aliphatic carbocycles. The summed E-state index contributed by atoms with van der Waals surface area (Å²) >= 11 is 0. The molecule has 0 spiro atoms. The number of aryl methyl sites for hydroxylation is 1. The van der Waals surface area contributed by atoms with Gasteiger partial charge >= 0.3 is 0 Å². The lowest BCUT2D eigenvalue weighted by atomic mass is 10.1. The van der Waals surface area contributed by atoms with Crippen LogP contribution < -0.4 is 10.1 Å². The molecule has 2 heterocycles. The summed E-state index contributed by atoms with van der Waals surface area (Å²) in [6.07, 6.45) is -1.13. The summed E-state index contributed by atoms with van der Waals surface area (Å²) in [4.78, 5) is 4.38. The quantitative estimate of drug-likeness (QED) is 0.426.